The summed E-state index contributed by atoms with van der Waals surface area (Å²) in [6, 6.07) is 13.2. The first-order valence-electron chi connectivity index (χ1n) is 7.84. The first kappa shape index (κ1) is 21.6. The third-order valence-corrected chi connectivity index (χ3v) is 5.16. The van der Waals surface area contributed by atoms with Gasteiger partial charge in [0.15, 0.2) is 0 Å². The van der Waals surface area contributed by atoms with Gasteiger partial charge in [-0.3, -0.25) is 0 Å². The smallest absolute Gasteiger partial charge is 0.215 e. The molecule has 0 bridgehead atoms. The van der Waals surface area contributed by atoms with Gasteiger partial charge in [-0.25, -0.2) is 17.5 Å². The average molecular weight is 387 g/mol. The van der Waals surface area contributed by atoms with Crippen molar-refractivity contribution < 1.29 is 12.8 Å². The summed E-state index contributed by atoms with van der Waals surface area (Å²) in [5.41, 5.74) is 8.24. The predicted molar refractivity (Wildman–Crippen MR) is 102 cm³/mol. The van der Waals surface area contributed by atoms with E-state index in [1.807, 2.05) is 24.3 Å². The minimum absolute atomic E-state index is 0. The van der Waals surface area contributed by atoms with Crippen LogP contribution < -0.4 is 10.5 Å². The second-order valence-electron chi connectivity index (χ2n) is 6.13. The number of sulfonamides is 1. The van der Waals surface area contributed by atoms with Crippen molar-refractivity contribution >= 4 is 22.4 Å². The van der Waals surface area contributed by atoms with Crippen molar-refractivity contribution in [2.45, 2.75) is 31.6 Å². The third kappa shape index (κ3) is 6.40. The van der Waals surface area contributed by atoms with E-state index in [9.17, 15) is 12.8 Å². The van der Waals surface area contributed by atoms with Crippen molar-refractivity contribution in [2.24, 2.45) is 5.73 Å². The maximum Gasteiger partial charge on any atom is 0.215 e. The number of nitrogens with two attached hydrogens (primary N) is 1. The van der Waals surface area contributed by atoms with E-state index in [2.05, 4.69) is 18.6 Å². The molecule has 1 unspecified atom stereocenters. The topological polar surface area (TPSA) is 72.2 Å². The highest BCUT2D eigenvalue weighted by molar-refractivity contribution is 7.88. The van der Waals surface area contributed by atoms with E-state index in [1.165, 1.54) is 23.8 Å². The van der Waals surface area contributed by atoms with E-state index in [0.717, 1.165) is 5.56 Å². The Morgan fingerprint density at radius 2 is 1.60 bits per heavy atom. The van der Waals surface area contributed by atoms with Crippen LogP contribution in [-0.2, 0) is 15.8 Å². The van der Waals surface area contributed by atoms with Crippen LogP contribution in [-0.4, -0.2) is 15.0 Å². The largest absolute Gasteiger partial charge is 0.323 e. The predicted octanol–water partition coefficient (Wildman–Crippen LogP) is 3.49. The molecule has 4 nitrogen and oxygen atoms in total. The Hall–Kier alpha value is -1.47. The van der Waals surface area contributed by atoms with E-state index in [0.29, 0.717) is 5.92 Å². The highest BCUT2D eigenvalue weighted by Gasteiger charge is 2.16. The zero-order valence-electron chi connectivity index (χ0n) is 14.3. The molecule has 0 aliphatic heterocycles. The van der Waals surface area contributed by atoms with Crippen molar-refractivity contribution in [3.63, 3.8) is 0 Å². The molecule has 0 radical (unpaired) electrons. The molecule has 3 N–H and O–H groups in total. The molecular weight excluding hydrogens is 363 g/mol. The molecule has 0 aromatic heterocycles. The molecule has 2 aromatic carbocycles. The number of nitrogens with one attached hydrogen (secondary N) is 1. The monoisotopic (exact) mass is 386 g/mol. The van der Waals surface area contributed by atoms with Gasteiger partial charge in [0.25, 0.3) is 0 Å². The molecule has 0 saturated carbocycles. The highest BCUT2D eigenvalue weighted by atomic mass is 35.5. The van der Waals surface area contributed by atoms with Crippen molar-refractivity contribution in [2.75, 3.05) is 6.54 Å². The molecule has 2 aromatic rings. The summed E-state index contributed by atoms with van der Waals surface area (Å²) in [5.74, 6) is -0.510. The van der Waals surface area contributed by atoms with Crippen LogP contribution in [0.1, 0.15) is 42.5 Å². The average Bonchev–Trinajstić information content (AvgIpc) is 2.55. The summed E-state index contributed by atoms with van der Waals surface area (Å²) in [4.78, 5) is 0. The lowest BCUT2D eigenvalue weighted by Gasteiger charge is -2.15. The summed E-state index contributed by atoms with van der Waals surface area (Å²) < 4.78 is 40.2. The minimum atomic E-state index is -3.65. The molecule has 0 saturated heterocycles. The molecule has 2 rings (SSSR count). The summed E-state index contributed by atoms with van der Waals surface area (Å²) in [5, 5.41) is 0. The van der Waals surface area contributed by atoms with E-state index >= 15 is 0 Å². The number of rotatable bonds is 7. The summed E-state index contributed by atoms with van der Waals surface area (Å²) in [6.45, 7) is 4.27. The number of hydrogen-bond donors (Lipinski definition) is 2. The maximum absolute atomic E-state index is 13.6. The third-order valence-electron chi connectivity index (χ3n) is 3.86. The standard InChI is InChI=1S/C18H23FN2O2S.ClH/c1-13(2)14-7-9-15(10-8-14)18(20)11-21-24(22,23)12-16-5-3-4-6-17(16)19;/h3-10,13,18,21H,11-12,20H2,1-2H3;1H. The molecule has 0 amide bonds. The summed E-state index contributed by atoms with van der Waals surface area (Å²) in [6.07, 6.45) is 0. The summed E-state index contributed by atoms with van der Waals surface area (Å²) >= 11 is 0. The minimum Gasteiger partial charge on any atom is -0.323 e. The maximum atomic E-state index is 13.6. The van der Waals surface area contributed by atoms with Crippen LogP contribution in [0.4, 0.5) is 4.39 Å². The number of halogens is 2. The lowest BCUT2D eigenvalue weighted by Crippen LogP contribution is -2.33. The second kappa shape index (κ2) is 9.29. The normalized spacial score (nSPS) is 12.7. The Kier molecular flexibility index (Phi) is 8.02. The fraction of sp³-hybridized carbons (Fsp3) is 0.333. The SMILES string of the molecule is CC(C)c1ccc(C(N)CNS(=O)(=O)Cc2ccccc2F)cc1.Cl. The van der Waals surface area contributed by atoms with Crippen LogP contribution in [0.2, 0.25) is 0 Å². The zero-order valence-corrected chi connectivity index (χ0v) is 15.9. The Bertz CT molecular complexity index is 780. The molecule has 0 heterocycles. The van der Waals surface area contributed by atoms with Gasteiger partial charge in [0.1, 0.15) is 5.82 Å². The van der Waals surface area contributed by atoms with E-state index < -0.39 is 27.6 Å². The van der Waals surface area contributed by atoms with Crippen molar-refractivity contribution in [3.8, 4) is 0 Å². The molecular formula is C18H24ClFN2O2S. The van der Waals surface area contributed by atoms with Gasteiger partial charge in [-0.15, -0.1) is 12.4 Å². The zero-order chi connectivity index (χ0) is 17.7. The quantitative estimate of drug-likeness (QED) is 0.765. The van der Waals surface area contributed by atoms with Crippen LogP contribution >= 0.6 is 12.4 Å². The van der Waals surface area contributed by atoms with Gasteiger partial charge in [0.05, 0.1) is 5.75 Å². The van der Waals surface area contributed by atoms with E-state index in [4.69, 9.17) is 5.73 Å². The first-order chi connectivity index (χ1) is 11.3. The molecule has 1 atom stereocenters. The molecule has 25 heavy (non-hydrogen) atoms. The van der Waals surface area contributed by atoms with Gasteiger partial charge in [-0.2, -0.15) is 0 Å². The second-order valence-corrected chi connectivity index (χ2v) is 7.93. The lowest BCUT2D eigenvalue weighted by atomic mass is 9.99. The van der Waals surface area contributed by atoms with Gasteiger partial charge in [0.2, 0.25) is 10.0 Å². The van der Waals surface area contributed by atoms with Gasteiger partial charge < -0.3 is 5.73 Å². The molecule has 0 aliphatic carbocycles. The van der Waals surface area contributed by atoms with Crippen molar-refractivity contribution in [3.05, 3.63) is 71.0 Å². The molecule has 0 spiro atoms. The number of benzene rings is 2. The molecule has 0 fully saturated rings. The number of hydrogen-bond acceptors (Lipinski definition) is 3. The summed E-state index contributed by atoms with van der Waals surface area (Å²) in [7, 11) is -3.65. The van der Waals surface area contributed by atoms with Crippen molar-refractivity contribution in [1.29, 1.82) is 0 Å². The molecule has 0 aliphatic rings. The molecule has 138 valence electrons. The van der Waals surface area contributed by atoms with Gasteiger partial charge >= 0.3 is 0 Å². The highest BCUT2D eigenvalue weighted by Crippen LogP contribution is 2.18. The van der Waals surface area contributed by atoms with Crippen LogP contribution in [0.25, 0.3) is 0 Å². The Morgan fingerprint density at radius 3 is 2.16 bits per heavy atom. The fourth-order valence-electron chi connectivity index (χ4n) is 2.33. The van der Waals surface area contributed by atoms with Crippen molar-refractivity contribution in [1.82, 2.24) is 4.72 Å². The van der Waals surface area contributed by atoms with E-state index in [1.54, 1.807) is 6.07 Å². The van der Waals surface area contributed by atoms with Crippen LogP contribution in [0, 0.1) is 5.82 Å². The van der Waals surface area contributed by atoms with Crippen LogP contribution in [0.3, 0.4) is 0 Å². The Balaban J connectivity index is 0.00000312. The Morgan fingerprint density at radius 1 is 1.04 bits per heavy atom. The van der Waals surface area contributed by atoms with Crippen LogP contribution in [0.5, 0.6) is 0 Å². The van der Waals surface area contributed by atoms with E-state index in [-0.39, 0.29) is 24.5 Å². The first-order valence-corrected chi connectivity index (χ1v) is 9.50. The Labute approximate surface area is 155 Å². The molecule has 7 heteroatoms. The lowest BCUT2D eigenvalue weighted by molar-refractivity contribution is 0.566. The van der Waals surface area contributed by atoms with Gasteiger partial charge in [-0.05, 0) is 23.1 Å². The fourth-order valence-corrected chi connectivity index (χ4v) is 3.51. The van der Waals surface area contributed by atoms with Gasteiger partial charge in [-0.1, -0.05) is 56.3 Å². The van der Waals surface area contributed by atoms with Crippen LogP contribution in [0.15, 0.2) is 48.5 Å². The van der Waals surface area contributed by atoms with Gasteiger partial charge in [0, 0.05) is 18.2 Å².